The van der Waals surface area contributed by atoms with Crippen molar-refractivity contribution >= 4 is 0 Å². The lowest BCUT2D eigenvalue weighted by Crippen LogP contribution is -2.15. The molecule has 7 nitrogen and oxygen atoms in total. The number of imidazole rings is 1. The maximum absolute atomic E-state index is 10.1. The first-order valence-corrected chi connectivity index (χ1v) is 10.2. The summed E-state index contributed by atoms with van der Waals surface area (Å²) >= 11 is 0. The fraction of sp³-hybridized carbons (Fsp3) is 0.120. The van der Waals surface area contributed by atoms with Gasteiger partial charge in [-0.15, -0.1) is 0 Å². The van der Waals surface area contributed by atoms with Gasteiger partial charge in [-0.25, -0.2) is 4.98 Å². The number of aromatic nitrogens is 5. The fourth-order valence-electron chi connectivity index (χ4n) is 3.34. The number of hydrogen-bond acceptors (Lipinski definition) is 6. The molecule has 158 valence electrons. The summed E-state index contributed by atoms with van der Waals surface area (Å²) < 4.78 is 5.19. The number of aromatic amines is 1. The standard InChI is InChI=1S/C25H21N5O2/c1-25(2,31)24-29-23(30-32-24)18-10-6-9-17(13-18)22-27-15-21(28-22)19-11-12-20(26-14-19)16-7-4-3-5-8-16/h3-15,31H,1-2H3,(H,27,28). The van der Waals surface area contributed by atoms with Crippen LogP contribution in [0.15, 0.2) is 83.6 Å². The number of benzene rings is 2. The molecule has 0 amide bonds. The maximum atomic E-state index is 10.1. The smallest absolute Gasteiger partial charge is 0.258 e. The molecular formula is C25H21N5O2. The fourth-order valence-corrected chi connectivity index (χ4v) is 3.34. The normalized spacial score (nSPS) is 11.6. The molecule has 0 atom stereocenters. The maximum Gasteiger partial charge on any atom is 0.258 e. The third-order valence-corrected chi connectivity index (χ3v) is 5.06. The van der Waals surface area contributed by atoms with Crippen molar-refractivity contribution in [3.8, 4) is 45.3 Å². The van der Waals surface area contributed by atoms with E-state index in [2.05, 4.69) is 25.1 Å². The van der Waals surface area contributed by atoms with E-state index >= 15 is 0 Å². The number of nitrogens with zero attached hydrogens (tertiary/aromatic N) is 4. The zero-order chi connectivity index (χ0) is 22.1. The Morgan fingerprint density at radius 1 is 0.812 bits per heavy atom. The lowest BCUT2D eigenvalue weighted by atomic mass is 10.1. The molecule has 0 aliphatic carbocycles. The first-order chi connectivity index (χ1) is 15.5. The van der Waals surface area contributed by atoms with Crippen LogP contribution in [0.3, 0.4) is 0 Å². The molecular weight excluding hydrogens is 402 g/mol. The van der Waals surface area contributed by atoms with E-state index in [1.807, 2.05) is 72.9 Å². The van der Waals surface area contributed by atoms with Gasteiger partial charge in [0.1, 0.15) is 11.4 Å². The Hall–Kier alpha value is -4.10. The van der Waals surface area contributed by atoms with Gasteiger partial charge in [-0.05, 0) is 32.0 Å². The second-order valence-electron chi connectivity index (χ2n) is 8.01. The van der Waals surface area contributed by atoms with Crippen LogP contribution in [0.25, 0.3) is 45.3 Å². The highest BCUT2D eigenvalue weighted by Crippen LogP contribution is 2.27. The van der Waals surface area contributed by atoms with Crippen molar-refractivity contribution in [2.45, 2.75) is 19.4 Å². The molecule has 5 rings (SSSR count). The third kappa shape index (κ3) is 3.93. The quantitative estimate of drug-likeness (QED) is 0.409. The van der Waals surface area contributed by atoms with E-state index in [9.17, 15) is 5.11 Å². The molecule has 32 heavy (non-hydrogen) atoms. The number of rotatable bonds is 5. The Morgan fingerprint density at radius 2 is 1.59 bits per heavy atom. The van der Waals surface area contributed by atoms with Crippen LogP contribution in [0.1, 0.15) is 19.7 Å². The minimum atomic E-state index is -1.19. The molecule has 7 heteroatoms. The van der Waals surface area contributed by atoms with Crippen molar-refractivity contribution in [1.82, 2.24) is 25.1 Å². The summed E-state index contributed by atoms with van der Waals surface area (Å²) in [5.74, 6) is 1.31. The van der Waals surface area contributed by atoms with E-state index in [4.69, 9.17) is 4.52 Å². The summed E-state index contributed by atoms with van der Waals surface area (Å²) in [4.78, 5) is 16.8. The average Bonchev–Trinajstić information content (AvgIpc) is 3.50. The number of pyridine rings is 1. The van der Waals surface area contributed by atoms with Crippen LogP contribution in [0.4, 0.5) is 0 Å². The first kappa shape index (κ1) is 19.8. The van der Waals surface area contributed by atoms with Crippen molar-refractivity contribution in [3.63, 3.8) is 0 Å². The van der Waals surface area contributed by atoms with E-state index in [0.717, 1.165) is 39.5 Å². The van der Waals surface area contributed by atoms with E-state index in [-0.39, 0.29) is 5.89 Å². The number of nitrogens with one attached hydrogen (secondary N) is 1. The van der Waals surface area contributed by atoms with Crippen LogP contribution in [0.2, 0.25) is 0 Å². The predicted molar refractivity (Wildman–Crippen MR) is 121 cm³/mol. The SMILES string of the molecule is CC(C)(O)c1nc(-c2cccc(-c3ncc(-c4ccc(-c5ccccc5)nc4)[nH]3)c2)no1. The highest BCUT2D eigenvalue weighted by atomic mass is 16.5. The van der Waals surface area contributed by atoms with E-state index < -0.39 is 5.60 Å². The molecule has 2 aromatic carbocycles. The minimum absolute atomic E-state index is 0.171. The highest BCUT2D eigenvalue weighted by molar-refractivity contribution is 5.69. The molecule has 5 aromatic rings. The Labute approximate surface area is 184 Å². The zero-order valence-electron chi connectivity index (χ0n) is 17.6. The van der Waals surface area contributed by atoms with E-state index in [0.29, 0.717) is 5.82 Å². The molecule has 0 unspecified atom stereocenters. The monoisotopic (exact) mass is 423 g/mol. The summed E-state index contributed by atoms with van der Waals surface area (Å²) in [6.45, 7) is 3.21. The lowest BCUT2D eigenvalue weighted by Gasteiger charge is -2.09. The van der Waals surface area contributed by atoms with Crippen LogP contribution in [-0.4, -0.2) is 30.2 Å². The first-order valence-electron chi connectivity index (χ1n) is 10.2. The molecule has 0 spiro atoms. The highest BCUT2D eigenvalue weighted by Gasteiger charge is 2.24. The zero-order valence-corrected chi connectivity index (χ0v) is 17.6. The van der Waals surface area contributed by atoms with Gasteiger partial charge in [0, 0.05) is 28.5 Å². The summed E-state index contributed by atoms with van der Waals surface area (Å²) in [7, 11) is 0. The average molecular weight is 423 g/mol. The van der Waals surface area contributed by atoms with E-state index in [1.165, 1.54) is 0 Å². The summed E-state index contributed by atoms with van der Waals surface area (Å²) in [6.07, 6.45) is 3.63. The van der Waals surface area contributed by atoms with Gasteiger partial charge in [-0.3, -0.25) is 4.98 Å². The van der Waals surface area contributed by atoms with Gasteiger partial charge in [0.25, 0.3) is 5.89 Å². The van der Waals surface area contributed by atoms with Gasteiger partial charge in [-0.2, -0.15) is 4.98 Å². The van der Waals surface area contributed by atoms with Crippen molar-refractivity contribution in [1.29, 1.82) is 0 Å². The Balaban J connectivity index is 1.40. The molecule has 0 saturated carbocycles. The van der Waals surface area contributed by atoms with Crippen LogP contribution >= 0.6 is 0 Å². The molecule has 0 bridgehead atoms. The second kappa shape index (κ2) is 7.86. The summed E-state index contributed by atoms with van der Waals surface area (Å²) in [5, 5.41) is 14.0. The molecule has 0 fully saturated rings. The lowest BCUT2D eigenvalue weighted by molar-refractivity contribution is 0.0420. The molecule has 2 N–H and O–H groups in total. The minimum Gasteiger partial charge on any atom is -0.381 e. The van der Waals surface area contributed by atoms with Crippen molar-refractivity contribution in [2.75, 3.05) is 0 Å². The van der Waals surface area contributed by atoms with Crippen molar-refractivity contribution < 1.29 is 9.63 Å². The largest absolute Gasteiger partial charge is 0.381 e. The Kier molecular flexibility index (Phi) is 4.88. The van der Waals surface area contributed by atoms with Crippen molar-refractivity contribution in [2.24, 2.45) is 0 Å². The number of aliphatic hydroxyl groups is 1. The molecule has 0 aliphatic heterocycles. The van der Waals surface area contributed by atoms with Gasteiger partial charge >= 0.3 is 0 Å². The molecule has 3 heterocycles. The third-order valence-electron chi connectivity index (χ3n) is 5.06. The predicted octanol–water partition coefficient (Wildman–Crippen LogP) is 5.08. The van der Waals surface area contributed by atoms with Crippen molar-refractivity contribution in [3.05, 3.63) is 85.0 Å². The topological polar surface area (TPSA) is 101 Å². The molecule has 0 radical (unpaired) electrons. The Morgan fingerprint density at radius 3 is 2.31 bits per heavy atom. The van der Waals surface area contributed by atoms with Gasteiger partial charge < -0.3 is 14.6 Å². The van der Waals surface area contributed by atoms with Gasteiger partial charge in [-0.1, -0.05) is 53.7 Å². The summed E-state index contributed by atoms with van der Waals surface area (Å²) in [6, 6.07) is 21.8. The molecule has 0 aliphatic rings. The van der Waals surface area contributed by atoms with Crippen LogP contribution in [0, 0.1) is 0 Å². The second-order valence-corrected chi connectivity index (χ2v) is 8.01. The van der Waals surface area contributed by atoms with E-state index in [1.54, 1.807) is 20.0 Å². The molecule has 0 saturated heterocycles. The number of H-pyrrole nitrogens is 1. The van der Waals surface area contributed by atoms with Gasteiger partial charge in [0.05, 0.1) is 17.6 Å². The Bertz CT molecular complexity index is 1350. The molecule has 3 aromatic heterocycles. The van der Waals surface area contributed by atoms with Crippen LogP contribution in [-0.2, 0) is 5.60 Å². The summed E-state index contributed by atoms with van der Waals surface area (Å²) in [5.41, 5.74) is 4.30. The van der Waals surface area contributed by atoms with Gasteiger partial charge in [0.15, 0.2) is 0 Å². The van der Waals surface area contributed by atoms with Crippen LogP contribution < -0.4 is 0 Å². The number of hydrogen-bond donors (Lipinski definition) is 2. The van der Waals surface area contributed by atoms with Crippen LogP contribution in [0.5, 0.6) is 0 Å². The van der Waals surface area contributed by atoms with Gasteiger partial charge in [0.2, 0.25) is 5.82 Å².